The van der Waals surface area contributed by atoms with Crippen LogP contribution in [0, 0.1) is 11.6 Å². The molecule has 0 saturated carbocycles. The molecule has 0 aliphatic carbocycles. The maximum Gasteiger partial charge on any atom is 0.144 e. The number of halogens is 2. The molecule has 7 heteroatoms. The number of rotatable bonds is 3. The lowest BCUT2D eigenvalue weighted by atomic mass is 9.87. The van der Waals surface area contributed by atoms with Gasteiger partial charge in [-0.25, -0.2) is 13.8 Å². The van der Waals surface area contributed by atoms with E-state index in [-0.39, 0.29) is 17.4 Å². The Morgan fingerprint density at radius 1 is 0.935 bits per heavy atom. The molecule has 2 aromatic carbocycles. The number of fused-ring (bicyclic) bond motifs is 2. The van der Waals surface area contributed by atoms with Crippen molar-refractivity contribution >= 4 is 6.21 Å². The van der Waals surface area contributed by atoms with Gasteiger partial charge in [0.15, 0.2) is 0 Å². The van der Waals surface area contributed by atoms with Crippen LogP contribution in [0.4, 0.5) is 8.78 Å². The van der Waals surface area contributed by atoms with E-state index in [0.717, 1.165) is 43.5 Å². The van der Waals surface area contributed by atoms with E-state index in [9.17, 15) is 13.9 Å². The predicted molar refractivity (Wildman–Crippen MR) is 115 cm³/mol. The molecule has 0 bridgehead atoms. The number of nitrogens with zero attached hydrogens (tertiary/aromatic N) is 4. The van der Waals surface area contributed by atoms with Gasteiger partial charge in [0.2, 0.25) is 0 Å². The van der Waals surface area contributed by atoms with Gasteiger partial charge in [0.05, 0.1) is 6.21 Å². The van der Waals surface area contributed by atoms with Crippen molar-refractivity contribution in [2.75, 3.05) is 13.1 Å². The van der Waals surface area contributed by atoms with E-state index in [4.69, 9.17) is 0 Å². The summed E-state index contributed by atoms with van der Waals surface area (Å²) in [6, 6.07) is 12.9. The average molecular weight is 422 g/mol. The highest BCUT2D eigenvalue weighted by Crippen LogP contribution is 2.40. The lowest BCUT2D eigenvalue weighted by Gasteiger charge is -2.50. The van der Waals surface area contributed by atoms with Crippen LogP contribution >= 0.6 is 0 Å². The van der Waals surface area contributed by atoms with Gasteiger partial charge in [0, 0.05) is 31.3 Å². The Kier molecular flexibility index (Phi) is 5.19. The van der Waals surface area contributed by atoms with Crippen LogP contribution in [0.15, 0.2) is 77.4 Å². The molecule has 0 spiro atoms. The Morgan fingerprint density at radius 2 is 1.61 bits per heavy atom. The second kappa shape index (κ2) is 8.15. The number of hydrazone groups is 1. The number of aliphatic hydroxyl groups is 1. The van der Waals surface area contributed by atoms with Crippen molar-refractivity contribution in [3.63, 3.8) is 0 Å². The number of hydrazine groups is 1. The largest absolute Gasteiger partial charge is 0.506 e. The molecule has 0 amide bonds. The second-order valence-electron chi connectivity index (χ2n) is 8.06. The molecule has 0 radical (unpaired) electrons. The summed E-state index contributed by atoms with van der Waals surface area (Å²) in [7, 11) is 0. The van der Waals surface area contributed by atoms with Gasteiger partial charge in [-0.15, -0.1) is 0 Å². The molecular formula is C24H24F2N4O. The summed E-state index contributed by atoms with van der Waals surface area (Å²) < 4.78 is 28.6. The first-order valence-corrected chi connectivity index (χ1v) is 10.6. The molecule has 3 aliphatic heterocycles. The van der Waals surface area contributed by atoms with Crippen LogP contribution < -0.4 is 0 Å². The topological polar surface area (TPSA) is 42.3 Å². The van der Waals surface area contributed by atoms with Gasteiger partial charge >= 0.3 is 0 Å². The highest BCUT2D eigenvalue weighted by atomic mass is 19.1. The molecule has 2 aromatic rings. The molecule has 3 aliphatic rings. The van der Waals surface area contributed by atoms with Crippen molar-refractivity contribution in [2.45, 2.75) is 31.3 Å². The van der Waals surface area contributed by atoms with Crippen LogP contribution in [0.1, 0.15) is 36.3 Å². The minimum Gasteiger partial charge on any atom is -0.506 e. The third kappa shape index (κ3) is 3.70. The van der Waals surface area contributed by atoms with Crippen LogP contribution in [-0.2, 0) is 0 Å². The van der Waals surface area contributed by atoms with Gasteiger partial charge in [-0.3, -0.25) is 0 Å². The molecule has 0 aromatic heterocycles. The third-order valence-electron chi connectivity index (χ3n) is 6.08. The van der Waals surface area contributed by atoms with Crippen LogP contribution in [0.2, 0.25) is 0 Å². The van der Waals surface area contributed by atoms with Crippen LogP contribution in [0.3, 0.4) is 0 Å². The van der Waals surface area contributed by atoms with Crippen LogP contribution in [0.5, 0.6) is 0 Å². The first kappa shape index (κ1) is 19.8. The first-order valence-electron chi connectivity index (χ1n) is 10.6. The number of hydrogen-bond acceptors (Lipinski definition) is 5. The number of allylic oxidation sites excluding steroid dienone is 1. The number of benzene rings is 2. The van der Waals surface area contributed by atoms with E-state index in [0.29, 0.717) is 5.70 Å². The summed E-state index contributed by atoms with van der Waals surface area (Å²) in [6.45, 7) is 1.59. The minimum absolute atomic E-state index is 0.126. The monoisotopic (exact) mass is 422 g/mol. The van der Waals surface area contributed by atoms with Crippen molar-refractivity contribution in [3.05, 3.63) is 95.0 Å². The SMILES string of the molecule is OC1=CC=NN2C1=CN1CCCCCN1C2C(c1cccc(F)c1)c1cccc(F)c1. The summed E-state index contributed by atoms with van der Waals surface area (Å²) in [5.74, 6) is -0.967. The zero-order valence-electron chi connectivity index (χ0n) is 17.0. The Bertz CT molecular complexity index is 1020. The van der Waals surface area contributed by atoms with Gasteiger partial charge in [0.25, 0.3) is 0 Å². The van der Waals surface area contributed by atoms with E-state index in [1.807, 2.05) is 18.3 Å². The molecule has 1 fully saturated rings. The maximum atomic E-state index is 14.3. The fourth-order valence-electron chi connectivity index (χ4n) is 4.70. The Hall–Kier alpha value is -3.19. The van der Waals surface area contributed by atoms with Crippen molar-refractivity contribution in [2.24, 2.45) is 5.10 Å². The molecule has 1 unspecified atom stereocenters. The van der Waals surface area contributed by atoms with Crippen LogP contribution in [-0.4, -0.2) is 45.6 Å². The summed E-state index contributed by atoms with van der Waals surface area (Å²) in [4.78, 5) is 0. The zero-order chi connectivity index (χ0) is 21.4. The smallest absolute Gasteiger partial charge is 0.144 e. The zero-order valence-corrected chi connectivity index (χ0v) is 17.0. The van der Waals surface area contributed by atoms with E-state index in [2.05, 4.69) is 15.1 Å². The van der Waals surface area contributed by atoms with Gasteiger partial charge in [-0.1, -0.05) is 30.7 Å². The minimum atomic E-state index is -0.404. The van der Waals surface area contributed by atoms with Gasteiger partial charge in [-0.2, -0.15) is 10.1 Å². The normalized spacial score (nSPS) is 21.3. The Labute approximate surface area is 180 Å². The first-order chi connectivity index (χ1) is 15.1. The van der Waals surface area contributed by atoms with E-state index < -0.39 is 12.1 Å². The van der Waals surface area contributed by atoms with E-state index in [1.165, 1.54) is 24.3 Å². The molecular weight excluding hydrogens is 398 g/mol. The van der Waals surface area contributed by atoms with Gasteiger partial charge < -0.3 is 10.1 Å². The fraction of sp³-hybridized carbons (Fsp3) is 0.292. The summed E-state index contributed by atoms with van der Waals surface area (Å²) in [5, 5.41) is 21.3. The van der Waals surface area contributed by atoms with Crippen molar-refractivity contribution in [1.82, 2.24) is 15.0 Å². The summed E-state index contributed by atoms with van der Waals surface area (Å²) in [5.41, 5.74) is 2.04. The molecule has 1 atom stereocenters. The predicted octanol–water partition coefficient (Wildman–Crippen LogP) is 4.72. The Balaban J connectivity index is 1.70. The molecule has 3 heterocycles. The van der Waals surface area contributed by atoms with E-state index >= 15 is 0 Å². The second-order valence-corrected chi connectivity index (χ2v) is 8.06. The van der Waals surface area contributed by atoms with Crippen molar-refractivity contribution in [3.8, 4) is 0 Å². The lowest BCUT2D eigenvalue weighted by Crippen LogP contribution is -2.59. The summed E-state index contributed by atoms with van der Waals surface area (Å²) >= 11 is 0. The summed E-state index contributed by atoms with van der Waals surface area (Å²) in [6.07, 6.45) is 7.78. The fourth-order valence-corrected chi connectivity index (χ4v) is 4.70. The Morgan fingerprint density at radius 3 is 2.29 bits per heavy atom. The maximum absolute atomic E-state index is 14.3. The van der Waals surface area contributed by atoms with Gasteiger partial charge in [0.1, 0.15) is 29.3 Å². The molecule has 1 N–H and O–H groups in total. The number of aliphatic hydroxyl groups excluding tert-OH is 1. The average Bonchev–Trinajstić information content (AvgIpc) is 3.00. The van der Waals surface area contributed by atoms with Crippen molar-refractivity contribution < 1.29 is 13.9 Å². The highest BCUT2D eigenvalue weighted by Gasteiger charge is 2.43. The molecule has 31 heavy (non-hydrogen) atoms. The molecule has 160 valence electrons. The molecule has 1 saturated heterocycles. The number of hydrogen-bond donors (Lipinski definition) is 1. The third-order valence-corrected chi connectivity index (χ3v) is 6.08. The lowest BCUT2D eigenvalue weighted by molar-refractivity contribution is -0.0972. The van der Waals surface area contributed by atoms with Crippen molar-refractivity contribution in [1.29, 1.82) is 0 Å². The molecule has 5 nitrogen and oxygen atoms in total. The molecule has 5 rings (SSSR count). The quantitative estimate of drug-likeness (QED) is 0.777. The van der Waals surface area contributed by atoms with Crippen LogP contribution in [0.25, 0.3) is 0 Å². The highest BCUT2D eigenvalue weighted by molar-refractivity contribution is 5.74. The van der Waals surface area contributed by atoms with E-state index in [1.54, 1.807) is 29.4 Å². The standard InChI is InChI=1S/C24H24F2N4O/c25-19-8-4-6-17(14-19)23(18-7-5-9-20(26)15-18)24-29-13-3-1-2-12-28(29)16-21-22(31)10-11-27-30(21)24/h4-11,14-16,23-24,31H,1-3,12-13H2. The van der Waals surface area contributed by atoms with Gasteiger partial charge in [-0.05, 0) is 48.2 Å².